The van der Waals surface area contributed by atoms with E-state index in [0.29, 0.717) is 6.61 Å². The largest absolute Gasteiger partial charge is 0.353 e. The van der Waals surface area contributed by atoms with E-state index in [2.05, 4.69) is 6.07 Å². The second kappa shape index (κ2) is 8.36. The molecule has 76 valence electrons. The Morgan fingerprint density at radius 1 is 1.54 bits per heavy atom. The van der Waals surface area contributed by atoms with Crippen molar-refractivity contribution < 1.29 is 9.47 Å². The molecule has 0 amide bonds. The maximum Gasteiger partial charge on any atom is 0.156 e. The molecule has 0 aromatic rings. The van der Waals surface area contributed by atoms with Crippen molar-refractivity contribution in [2.24, 2.45) is 0 Å². The maximum atomic E-state index is 8.73. The summed E-state index contributed by atoms with van der Waals surface area (Å²) in [5.74, 6) is 0.942. The molecule has 3 nitrogen and oxygen atoms in total. The maximum absolute atomic E-state index is 8.73. The van der Waals surface area contributed by atoms with E-state index < -0.39 is 0 Å². The SMILES string of the molecule is CCOC(C)OC(C#N)CCSC. The summed E-state index contributed by atoms with van der Waals surface area (Å²) in [6.45, 7) is 4.33. The predicted octanol–water partition coefficient (Wildman–Crippen LogP) is 2.03. The van der Waals surface area contributed by atoms with Crippen molar-refractivity contribution in [3.8, 4) is 6.07 Å². The van der Waals surface area contributed by atoms with Crippen LogP contribution in [0.3, 0.4) is 0 Å². The van der Waals surface area contributed by atoms with Gasteiger partial charge in [-0.2, -0.15) is 17.0 Å². The second-order valence-corrected chi connectivity index (χ2v) is 3.54. The van der Waals surface area contributed by atoms with E-state index in [1.807, 2.05) is 20.1 Å². The van der Waals surface area contributed by atoms with E-state index >= 15 is 0 Å². The van der Waals surface area contributed by atoms with Crippen molar-refractivity contribution >= 4 is 11.8 Å². The summed E-state index contributed by atoms with van der Waals surface area (Å²) < 4.78 is 10.5. The lowest BCUT2D eigenvalue weighted by molar-refractivity contribution is -0.144. The third-order valence-electron chi connectivity index (χ3n) is 1.49. The second-order valence-electron chi connectivity index (χ2n) is 2.56. The van der Waals surface area contributed by atoms with E-state index in [-0.39, 0.29) is 12.4 Å². The van der Waals surface area contributed by atoms with Crippen molar-refractivity contribution in [1.29, 1.82) is 5.26 Å². The lowest BCUT2D eigenvalue weighted by Crippen LogP contribution is -2.21. The highest BCUT2D eigenvalue weighted by Crippen LogP contribution is 2.07. The van der Waals surface area contributed by atoms with Gasteiger partial charge in [0.1, 0.15) is 6.10 Å². The van der Waals surface area contributed by atoms with E-state index in [0.717, 1.165) is 12.2 Å². The van der Waals surface area contributed by atoms with Crippen LogP contribution in [0, 0.1) is 11.3 Å². The molecule has 0 aliphatic rings. The first-order chi connectivity index (χ1) is 6.24. The van der Waals surface area contributed by atoms with Crippen LogP contribution >= 0.6 is 11.8 Å². The lowest BCUT2D eigenvalue weighted by atomic mass is 10.3. The molecule has 2 atom stereocenters. The van der Waals surface area contributed by atoms with Crippen LogP contribution in [0.15, 0.2) is 0 Å². The molecule has 2 unspecified atom stereocenters. The van der Waals surface area contributed by atoms with Gasteiger partial charge >= 0.3 is 0 Å². The van der Waals surface area contributed by atoms with Gasteiger partial charge in [-0.05, 0) is 32.3 Å². The standard InChI is InChI=1S/C9H17NO2S/c1-4-11-8(2)12-9(7-10)5-6-13-3/h8-9H,4-6H2,1-3H3. The van der Waals surface area contributed by atoms with Crippen molar-refractivity contribution in [2.45, 2.75) is 32.7 Å². The Morgan fingerprint density at radius 3 is 2.69 bits per heavy atom. The Morgan fingerprint density at radius 2 is 2.23 bits per heavy atom. The molecule has 0 radical (unpaired) electrons. The van der Waals surface area contributed by atoms with E-state index in [1.165, 1.54) is 0 Å². The highest BCUT2D eigenvalue weighted by atomic mass is 32.2. The fourth-order valence-electron chi connectivity index (χ4n) is 0.893. The van der Waals surface area contributed by atoms with Gasteiger partial charge in [0.05, 0.1) is 6.07 Å². The third-order valence-corrected chi connectivity index (χ3v) is 2.13. The predicted molar refractivity (Wildman–Crippen MR) is 54.6 cm³/mol. The van der Waals surface area contributed by atoms with Gasteiger partial charge in [0.15, 0.2) is 6.29 Å². The van der Waals surface area contributed by atoms with Crippen molar-refractivity contribution in [2.75, 3.05) is 18.6 Å². The van der Waals surface area contributed by atoms with Crippen LogP contribution in [-0.4, -0.2) is 31.0 Å². The minimum atomic E-state index is -0.339. The minimum Gasteiger partial charge on any atom is -0.353 e. The van der Waals surface area contributed by atoms with Crippen molar-refractivity contribution in [1.82, 2.24) is 0 Å². The Bertz CT molecular complexity index is 158. The van der Waals surface area contributed by atoms with Crippen LogP contribution in [0.5, 0.6) is 0 Å². The van der Waals surface area contributed by atoms with Gasteiger partial charge in [-0.1, -0.05) is 0 Å². The van der Waals surface area contributed by atoms with Gasteiger partial charge in [-0.15, -0.1) is 0 Å². The van der Waals surface area contributed by atoms with Gasteiger partial charge in [-0.25, -0.2) is 0 Å². The molecule has 0 rings (SSSR count). The van der Waals surface area contributed by atoms with Gasteiger partial charge in [-0.3, -0.25) is 0 Å². The van der Waals surface area contributed by atoms with Gasteiger partial charge in [0, 0.05) is 6.61 Å². The summed E-state index contributed by atoms with van der Waals surface area (Å²) in [6.07, 6.45) is 2.15. The molecule has 0 fully saturated rings. The molecule has 13 heavy (non-hydrogen) atoms. The molecule has 4 heteroatoms. The molecule has 0 N–H and O–H groups in total. The van der Waals surface area contributed by atoms with Crippen LogP contribution in [-0.2, 0) is 9.47 Å². The van der Waals surface area contributed by atoms with E-state index in [9.17, 15) is 0 Å². The number of ether oxygens (including phenoxy) is 2. The minimum absolute atomic E-state index is 0.281. The number of hydrogen-bond acceptors (Lipinski definition) is 4. The molecular formula is C9H17NO2S. The number of thioether (sulfide) groups is 1. The van der Waals surface area contributed by atoms with Crippen LogP contribution < -0.4 is 0 Å². The zero-order chi connectivity index (χ0) is 10.1. The van der Waals surface area contributed by atoms with E-state index in [4.69, 9.17) is 14.7 Å². The molecule has 0 saturated carbocycles. The first kappa shape index (κ1) is 12.8. The van der Waals surface area contributed by atoms with Crippen LogP contribution in [0.2, 0.25) is 0 Å². The summed E-state index contributed by atoms with van der Waals surface area (Å²) in [7, 11) is 0. The number of hydrogen-bond donors (Lipinski definition) is 0. The number of nitriles is 1. The summed E-state index contributed by atoms with van der Waals surface area (Å²) in [4.78, 5) is 0. The normalized spacial score (nSPS) is 14.9. The third kappa shape index (κ3) is 6.88. The number of nitrogens with zero attached hydrogens (tertiary/aromatic N) is 1. The highest BCUT2D eigenvalue weighted by Gasteiger charge is 2.11. The summed E-state index contributed by atoms with van der Waals surface area (Å²) in [6, 6.07) is 2.11. The zero-order valence-electron chi connectivity index (χ0n) is 8.45. The molecule has 0 spiro atoms. The number of rotatable bonds is 7. The zero-order valence-corrected chi connectivity index (χ0v) is 9.26. The van der Waals surface area contributed by atoms with E-state index in [1.54, 1.807) is 11.8 Å². The van der Waals surface area contributed by atoms with Gasteiger partial charge in [0.25, 0.3) is 0 Å². The first-order valence-corrected chi connectivity index (χ1v) is 5.79. The summed E-state index contributed by atoms with van der Waals surface area (Å²) >= 11 is 1.71. The highest BCUT2D eigenvalue weighted by molar-refractivity contribution is 7.98. The van der Waals surface area contributed by atoms with Crippen molar-refractivity contribution in [3.05, 3.63) is 0 Å². The fourth-order valence-corrected chi connectivity index (χ4v) is 1.34. The summed E-state index contributed by atoms with van der Waals surface area (Å²) in [5, 5.41) is 8.73. The van der Waals surface area contributed by atoms with Gasteiger partial charge < -0.3 is 9.47 Å². The first-order valence-electron chi connectivity index (χ1n) is 4.40. The molecule has 0 aliphatic heterocycles. The topological polar surface area (TPSA) is 42.2 Å². The average Bonchev–Trinajstić information content (AvgIpc) is 2.12. The Hall–Kier alpha value is -0.240. The monoisotopic (exact) mass is 203 g/mol. The summed E-state index contributed by atoms with van der Waals surface area (Å²) in [5.41, 5.74) is 0. The molecular weight excluding hydrogens is 186 g/mol. The molecule has 0 aliphatic carbocycles. The Balaban J connectivity index is 3.64. The molecule has 0 aromatic carbocycles. The van der Waals surface area contributed by atoms with Crippen LogP contribution in [0.1, 0.15) is 20.3 Å². The smallest absolute Gasteiger partial charge is 0.156 e. The Labute approximate surface area is 84.4 Å². The molecule has 0 aromatic heterocycles. The lowest BCUT2D eigenvalue weighted by Gasteiger charge is -2.16. The quantitative estimate of drug-likeness (QED) is 0.594. The fraction of sp³-hybridized carbons (Fsp3) is 0.889. The van der Waals surface area contributed by atoms with Gasteiger partial charge in [0.2, 0.25) is 0 Å². The van der Waals surface area contributed by atoms with Crippen molar-refractivity contribution in [3.63, 3.8) is 0 Å². The van der Waals surface area contributed by atoms with Crippen LogP contribution in [0.25, 0.3) is 0 Å². The molecule has 0 saturated heterocycles. The Kier molecular flexibility index (Phi) is 8.21. The van der Waals surface area contributed by atoms with Crippen LogP contribution in [0.4, 0.5) is 0 Å². The average molecular weight is 203 g/mol. The molecule has 0 bridgehead atoms. The molecule has 0 heterocycles.